The number of anilines is 1. The van der Waals surface area contributed by atoms with E-state index in [1.165, 1.54) is 25.1 Å². The molecule has 114 valence electrons. The predicted octanol–water partition coefficient (Wildman–Crippen LogP) is 3.15. The Morgan fingerprint density at radius 2 is 2.14 bits per heavy atom. The predicted molar refractivity (Wildman–Crippen MR) is 82.5 cm³/mol. The fourth-order valence-corrected chi connectivity index (χ4v) is 3.80. The topological polar surface area (TPSA) is 68.5 Å². The van der Waals surface area contributed by atoms with E-state index in [-0.39, 0.29) is 5.69 Å². The van der Waals surface area contributed by atoms with Crippen molar-refractivity contribution in [1.29, 1.82) is 0 Å². The molecule has 3 rings (SSSR count). The maximum Gasteiger partial charge on any atom is 0.288 e. The molecule has 0 radical (unpaired) electrons. The van der Waals surface area contributed by atoms with Gasteiger partial charge in [-0.25, -0.2) is 4.98 Å². The van der Waals surface area contributed by atoms with Crippen LogP contribution in [0.1, 0.15) is 25.7 Å². The molecule has 2 saturated heterocycles. The first-order valence-corrected chi connectivity index (χ1v) is 8.11. The lowest BCUT2D eigenvalue weighted by Gasteiger charge is -2.35. The SMILES string of the molecule is O=[N+]([O-])c1cnc(N2CCC(C3CCCO3)CC2)c(Br)c1. The zero-order valence-electron chi connectivity index (χ0n) is 11.7. The van der Waals surface area contributed by atoms with Crippen LogP contribution in [0.4, 0.5) is 11.5 Å². The van der Waals surface area contributed by atoms with Crippen LogP contribution in [0, 0.1) is 16.0 Å². The molecule has 1 atom stereocenters. The quantitative estimate of drug-likeness (QED) is 0.615. The summed E-state index contributed by atoms with van der Waals surface area (Å²) in [6.07, 6.45) is 6.31. The minimum atomic E-state index is -0.425. The lowest BCUT2D eigenvalue weighted by molar-refractivity contribution is -0.385. The molecule has 0 aromatic carbocycles. The van der Waals surface area contributed by atoms with E-state index in [2.05, 4.69) is 25.8 Å². The Bertz CT molecular complexity index is 526. The molecular formula is C14H18BrN3O3. The molecule has 0 aliphatic carbocycles. The van der Waals surface area contributed by atoms with Crippen molar-refractivity contribution in [3.63, 3.8) is 0 Å². The lowest BCUT2D eigenvalue weighted by Crippen LogP contribution is -2.38. The van der Waals surface area contributed by atoms with E-state index < -0.39 is 4.92 Å². The van der Waals surface area contributed by atoms with Crippen LogP contribution in [-0.2, 0) is 4.74 Å². The molecule has 2 aliphatic heterocycles. The molecular weight excluding hydrogens is 338 g/mol. The molecule has 3 heterocycles. The molecule has 2 aliphatic rings. The molecule has 6 nitrogen and oxygen atoms in total. The zero-order chi connectivity index (χ0) is 14.8. The molecule has 21 heavy (non-hydrogen) atoms. The van der Waals surface area contributed by atoms with Gasteiger partial charge in [-0.1, -0.05) is 0 Å². The van der Waals surface area contributed by atoms with Crippen molar-refractivity contribution < 1.29 is 9.66 Å². The van der Waals surface area contributed by atoms with Gasteiger partial charge in [-0.15, -0.1) is 0 Å². The monoisotopic (exact) mass is 355 g/mol. The van der Waals surface area contributed by atoms with Gasteiger partial charge in [0, 0.05) is 25.8 Å². The highest BCUT2D eigenvalue weighted by Gasteiger charge is 2.30. The van der Waals surface area contributed by atoms with Crippen LogP contribution in [0.2, 0.25) is 0 Å². The maximum absolute atomic E-state index is 10.7. The van der Waals surface area contributed by atoms with Crippen LogP contribution >= 0.6 is 15.9 Å². The van der Waals surface area contributed by atoms with Gasteiger partial charge >= 0.3 is 0 Å². The van der Waals surface area contributed by atoms with Crippen LogP contribution in [0.25, 0.3) is 0 Å². The summed E-state index contributed by atoms with van der Waals surface area (Å²) in [5.74, 6) is 1.44. The van der Waals surface area contributed by atoms with E-state index in [1.54, 1.807) is 0 Å². The minimum Gasteiger partial charge on any atom is -0.378 e. The highest BCUT2D eigenvalue weighted by molar-refractivity contribution is 9.10. The van der Waals surface area contributed by atoms with Gasteiger partial charge in [0.15, 0.2) is 0 Å². The number of halogens is 1. The molecule has 2 fully saturated rings. The summed E-state index contributed by atoms with van der Waals surface area (Å²) in [4.78, 5) is 16.8. The van der Waals surface area contributed by atoms with Crippen LogP contribution < -0.4 is 4.90 Å². The Balaban J connectivity index is 1.65. The number of rotatable bonds is 3. The van der Waals surface area contributed by atoms with Gasteiger partial charge in [0.1, 0.15) is 12.0 Å². The van der Waals surface area contributed by atoms with Gasteiger partial charge in [-0.05, 0) is 47.5 Å². The molecule has 0 N–H and O–H groups in total. The molecule has 0 saturated carbocycles. The van der Waals surface area contributed by atoms with E-state index >= 15 is 0 Å². The van der Waals surface area contributed by atoms with Gasteiger partial charge < -0.3 is 9.64 Å². The zero-order valence-corrected chi connectivity index (χ0v) is 13.3. The van der Waals surface area contributed by atoms with Crippen molar-refractivity contribution in [2.45, 2.75) is 31.8 Å². The first-order chi connectivity index (χ1) is 10.1. The van der Waals surface area contributed by atoms with E-state index in [0.29, 0.717) is 16.5 Å². The van der Waals surface area contributed by atoms with Crippen LogP contribution in [-0.4, -0.2) is 35.7 Å². The van der Waals surface area contributed by atoms with Gasteiger partial charge in [0.05, 0.1) is 15.5 Å². The number of ether oxygens (including phenoxy) is 1. The molecule has 7 heteroatoms. The van der Waals surface area contributed by atoms with E-state index in [4.69, 9.17) is 4.74 Å². The van der Waals surface area contributed by atoms with E-state index in [9.17, 15) is 10.1 Å². The third-order valence-corrected chi connectivity index (χ3v) is 4.93. The second kappa shape index (κ2) is 6.27. The van der Waals surface area contributed by atoms with Gasteiger partial charge in [0.25, 0.3) is 5.69 Å². The summed E-state index contributed by atoms with van der Waals surface area (Å²) in [5, 5.41) is 10.7. The third kappa shape index (κ3) is 3.18. The summed E-state index contributed by atoms with van der Waals surface area (Å²) in [7, 11) is 0. The molecule has 0 spiro atoms. The van der Waals surface area contributed by atoms with Crippen molar-refractivity contribution >= 4 is 27.4 Å². The highest BCUT2D eigenvalue weighted by atomic mass is 79.9. The Labute approximate surface area is 131 Å². The van der Waals surface area contributed by atoms with Gasteiger partial charge in [0.2, 0.25) is 0 Å². The maximum atomic E-state index is 10.7. The lowest BCUT2D eigenvalue weighted by atomic mass is 9.90. The number of pyridine rings is 1. The van der Waals surface area contributed by atoms with Gasteiger partial charge in [-0.2, -0.15) is 0 Å². The van der Waals surface area contributed by atoms with Gasteiger partial charge in [-0.3, -0.25) is 10.1 Å². The normalized spacial score (nSPS) is 23.5. The average Bonchev–Trinajstić information content (AvgIpc) is 3.01. The molecule has 0 bridgehead atoms. The summed E-state index contributed by atoms with van der Waals surface area (Å²) < 4.78 is 6.47. The fraction of sp³-hybridized carbons (Fsp3) is 0.643. The van der Waals surface area contributed by atoms with E-state index in [1.807, 2.05) is 0 Å². The summed E-state index contributed by atoms with van der Waals surface area (Å²) in [5.41, 5.74) is 0.0138. The summed E-state index contributed by atoms with van der Waals surface area (Å²) in [6.45, 7) is 2.75. The largest absolute Gasteiger partial charge is 0.378 e. The van der Waals surface area contributed by atoms with Crippen molar-refractivity contribution in [2.75, 3.05) is 24.6 Å². The van der Waals surface area contributed by atoms with Crippen molar-refractivity contribution in [1.82, 2.24) is 4.98 Å². The van der Waals surface area contributed by atoms with E-state index in [0.717, 1.165) is 38.4 Å². The molecule has 1 unspecified atom stereocenters. The summed E-state index contributed by atoms with van der Waals surface area (Å²) in [6, 6.07) is 1.52. The van der Waals surface area contributed by atoms with Crippen LogP contribution in [0.3, 0.4) is 0 Å². The Hall–Kier alpha value is -1.21. The number of aromatic nitrogens is 1. The highest BCUT2D eigenvalue weighted by Crippen LogP contribution is 2.33. The number of nitro groups is 1. The molecule has 1 aromatic rings. The number of hydrogen-bond acceptors (Lipinski definition) is 5. The molecule has 0 amide bonds. The Kier molecular flexibility index (Phi) is 4.40. The Morgan fingerprint density at radius 1 is 1.38 bits per heavy atom. The second-order valence-corrected chi connectivity index (χ2v) is 6.49. The average molecular weight is 356 g/mol. The first-order valence-electron chi connectivity index (χ1n) is 7.31. The third-order valence-electron chi connectivity index (χ3n) is 4.35. The number of nitrogens with zero attached hydrogens (tertiary/aromatic N) is 3. The summed E-state index contributed by atoms with van der Waals surface area (Å²) >= 11 is 3.40. The van der Waals surface area contributed by atoms with Crippen molar-refractivity contribution in [3.05, 3.63) is 26.9 Å². The first kappa shape index (κ1) is 14.7. The fourth-order valence-electron chi connectivity index (χ4n) is 3.21. The Morgan fingerprint density at radius 3 is 2.71 bits per heavy atom. The van der Waals surface area contributed by atoms with Crippen molar-refractivity contribution in [2.24, 2.45) is 5.92 Å². The minimum absolute atomic E-state index is 0.0138. The number of piperidine rings is 1. The molecule has 1 aromatic heterocycles. The standard InChI is InChI=1S/C14H18BrN3O3/c15-12-8-11(18(19)20)9-16-14(12)17-5-3-10(4-6-17)13-2-1-7-21-13/h8-10,13H,1-7H2. The van der Waals surface area contributed by atoms with Crippen molar-refractivity contribution in [3.8, 4) is 0 Å². The van der Waals surface area contributed by atoms with Crippen LogP contribution in [0.15, 0.2) is 16.7 Å². The smallest absolute Gasteiger partial charge is 0.288 e. The van der Waals surface area contributed by atoms with Crippen LogP contribution in [0.5, 0.6) is 0 Å². The second-order valence-electron chi connectivity index (χ2n) is 5.63. The number of hydrogen-bond donors (Lipinski definition) is 0.